The topological polar surface area (TPSA) is 0 Å². The number of allylic oxidation sites excluding steroid dienone is 2. The molecule has 0 fully saturated rings. The van der Waals surface area contributed by atoms with Gasteiger partial charge in [-0.15, -0.1) is 13.2 Å². The fraction of sp³-hybridized carbons (Fsp3) is 0.176. The van der Waals surface area contributed by atoms with Gasteiger partial charge in [0.1, 0.15) is 5.82 Å². The van der Waals surface area contributed by atoms with Gasteiger partial charge in [0, 0.05) is 10.9 Å². The van der Waals surface area contributed by atoms with Gasteiger partial charge in [0.15, 0.2) is 0 Å². The van der Waals surface area contributed by atoms with E-state index in [-0.39, 0.29) is 5.82 Å². The van der Waals surface area contributed by atoms with Gasteiger partial charge in [0.25, 0.3) is 0 Å². The van der Waals surface area contributed by atoms with Crippen molar-refractivity contribution in [3.05, 3.63) is 143 Å². The monoisotopic (exact) mass is 458 g/mol. The lowest BCUT2D eigenvalue weighted by atomic mass is 9.98. The van der Waals surface area contributed by atoms with E-state index < -0.39 is 0 Å². The van der Waals surface area contributed by atoms with Crippen molar-refractivity contribution >= 4 is 10.8 Å². The molecule has 0 amide bonds. The summed E-state index contributed by atoms with van der Waals surface area (Å²) in [5, 5.41) is 1.53. The van der Waals surface area contributed by atoms with Gasteiger partial charge >= 0.3 is 0 Å². The van der Waals surface area contributed by atoms with Crippen molar-refractivity contribution in [3.8, 4) is 11.8 Å². The summed E-state index contributed by atoms with van der Waals surface area (Å²) in [4.78, 5) is 0. The van der Waals surface area contributed by atoms with Crippen molar-refractivity contribution in [1.82, 2.24) is 0 Å². The second-order valence-corrected chi connectivity index (χ2v) is 8.90. The number of aryl methyl sites for hydroxylation is 4. The van der Waals surface area contributed by atoms with Crippen molar-refractivity contribution in [3.63, 3.8) is 0 Å². The van der Waals surface area contributed by atoms with Gasteiger partial charge in [-0.1, -0.05) is 84.7 Å². The Morgan fingerprint density at radius 1 is 0.600 bits per heavy atom. The van der Waals surface area contributed by atoms with Gasteiger partial charge in [0.2, 0.25) is 0 Å². The Hall–Kier alpha value is -3.89. The summed E-state index contributed by atoms with van der Waals surface area (Å²) in [6.45, 7) is 7.55. The van der Waals surface area contributed by atoms with Gasteiger partial charge in [-0.2, -0.15) is 0 Å². The van der Waals surface area contributed by atoms with E-state index in [9.17, 15) is 0 Å². The molecule has 0 aliphatic rings. The first-order valence-electron chi connectivity index (χ1n) is 12.3. The van der Waals surface area contributed by atoms with Gasteiger partial charge in [-0.25, -0.2) is 4.39 Å². The lowest BCUT2D eigenvalue weighted by molar-refractivity contribution is 0.636. The third kappa shape index (κ3) is 6.58. The highest BCUT2D eigenvalue weighted by atomic mass is 19.1. The smallest absolute Gasteiger partial charge is 0.146 e. The maximum Gasteiger partial charge on any atom is 0.146 e. The quantitative estimate of drug-likeness (QED) is 0.174. The van der Waals surface area contributed by atoms with Crippen LogP contribution in [-0.2, 0) is 25.7 Å². The molecule has 174 valence electrons. The molecule has 0 nitrogen and oxygen atoms in total. The number of hydrogen-bond acceptors (Lipinski definition) is 0. The van der Waals surface area contributed by atoms with Crippen molar-refractivity contribution in [1.29, 1.82) is 0 Å². The molecule has 0 radical (unpaired) electrons. The minimum absolute atomic E-state index is 0.251. The molecular weight excluding hydrogens is 427 g/mol. The predicted octanol–water partition coefficient (Wildman–Crippen LogP) is 8.40. The van der Waals surface area contributed by atoms with E-state index in [1.165, 1.54) is 22.3 Å². The Morgan fingerprint density at radius 3 is 1.77 bits per heavy atom. The Kier molecular flexibility index (Phi) is 8.31. The third-order valence-corrected chi connectivity index (χ3v) is 6.31. The number of halogens is 1. The lowest BCUT2D eigenvalue weighted by Gasteiger charge is -2.07. The van der Waals surface area contributed by atoms with E-state index in [4.69, 9.17) is 0 Å². The molecule has 4 aromatic rings. The summed E-state index contributed by atoms with van der Waals surface area (Å²) < 4.78 is 15.2. The standard InChI is InChI=1S/C34H31F/c1-3-5-7-26-9-13-28(14-10-26)17-18-30-20-24-33-32(25-30)23-22-31(34(33)35)21-19-29-15-11-27(12-16-29)8-6-4-2/h3-4,9-16,20,22-25H,1-2,5-8,17-18H2. The number of fused-ring (bicyclic) bond motifs is 1. The lowest BCUT2D eigenvalue weighted by Crippen LogP contribution is -1.94. The van der Waals surface area contributed by atoms with Crippen LogP contribution in [0.2, 0.25) is 0 Å². The molecule has 0 saturated carbocycles. The number of hydrogen-bond donors (Lipinski definition) is 0. The van der Waals surface area contributed by atoms with Crippen molar-refractivity contribution < 1.29 is 4.39 Å². The second kappa shape index (κ2) is 12.0. The van der Waals surface area contributed by atoms with Crippen molar-refractivity contribution in [2.75, 3.05) is 0 Å². The fourth-order valence-corrected chi connectivity index (χ4v) is 4.19. The maximum atomic E-state index is 15.2. The maximum absolute atomic E-state index is 15.2. The number of rotatable bonds is 9. The first-order valence-corrected chi connectivity index (χ1v) is 12.3. The zero-order chi connectivity index (χ0) is 24.5. The summed E-state index contributed by atoms with van der Waals surface area (Å²) in [5.74, 6) is 5.86. The number of benzene rings is 4. The molecule has 0 aromatic heterocycles. The van der Waals surface area contributed by atoms with Crippen LogP contribution in [0, 0.1) is 17.7 Å². The zero-order valence-corrected chi connectivity index (χ0v) is 20.2. The van der Waals surface area contributed by atoms with Crippen LogP contribution in [0.4, 0.5) is 4.39 Å². The normalized spacial score (nSPS) is 10.5. The molecule has 35 heavy (non-hydrogen) atoms. The average molecular weight is 459 g/mol. The minimum atomic E-state index is -0.251. The molecular formula is C34H31F. The summed E-state index contributed by atoms with van der Waals surface area (Å²) in [7, 11) is 0. The van der Waals surface area contributed by atoms with Gasteiger partial charge in [-0.3, -0.25) is 0 Å². The summed E-state index contributed by atoms with van der Waals surface area (Å²) in [6.07, 6.45) is 9.73. The van der Waals surface area contributed by atoms with E-state index in [0.29, 0.717) is 10.9 Å². The van der Waals surface area contributed by atoms with E-state index >= 15 is 4.39 Å². The van der Waals surface area contributed by atoms with Crippen LogP contribution < -0.4 is 0 Å². The Labute approximate surface area is 208 Å². The SMILES string of the molecule is C=CCCc1ccc(C#Cc2ccc3cc(CCc4ccc(CCC=C)cc4)ccc3c2F)cc1. The van der Waals surface area contributed by atoms with E-state index in [2.05, 4.69) is 67.5 Å². The molecule has 4 aromatic carbocycles. The molecule has 0 bridgehead atoms. The molecule has 0 aliphatic heterocycles. The minimum Gasteiger partial charge on any atom is -0.205 e. The molecule has 0 heterocycles. The molecule has 0 saturated heterocycles. The third-order valence-electron chi connectivity index (χ3n) is 6.31. The van der Waals surface area contributed by atoms with Gasteiger partial charge < -0.3 is 0 Å². The molecule has 0 atom stereocenters. The average Bonchev–Trinajstić information content (AvgIpc) is 2.90. The summed E-state index contributed by atoms with van der Waals surface area (Å²) >= 11 is 0. The second-order valence-electron chi connectivity index (χ2n) is 8.90. The highest BCUT2D eigenvalue weighted by molar-refractivity contribution is 5.85. The van der Waals surface area contributed by atoms with Crippen LogP contribution in [0.3, 0.4) is 0 Å². The molecule has 4 rings (SSSR count). The van der Waals surface area contributed by atoms with Crippen LogP contribution in [0.1, 0.15) is 46.2 Å². The zero-order valence-electron chi connectivity index (χ0n) is 20.2. The Bertz CT molecular complexity index is 1360. The Balaban J connectivity index is 1.43. The molecule has 1 heteroatoms. The van der Waals surface area contributed by atoms with E-state index in [0.717, 1.165) is 49.5 Å². The highest BCUT2D eigenvalue weighted by Gasteiger charge is 2.07. The highest BCUT2D eigenvalue weighted by Crippen LogP contribution is 2.23. The van der Waals surface area contributed by atoms with Crippen LogP contribution >= 0.6 is 0 Å². The van der Waals surface area contributed by atoms with Crippen LogP contribution in [0.5, 0.6) is 0 Å². The van der Waals surface area contributed by atoms with Crippen LogP contribution in [0.15, 0.2) is 104 Å². The Morgan fingerprint density at radius 2 is 1.14 bits per heavy atom. The van der Waals surface area contributed by atoms with Gasteiger partial charge in [0.05, 0.1) is 5.56 Å². The van der Waals surface area contributed by atoms with Crippen LogP contribution in [0.25, 0.3) is 10.8 Å². The molecule has 0 unspecified atom stereocenters. The van der Waals surface area contributed by atoms with Crippen molar-refractivity contribution in [2.24, 2.45) is 0 Å². The molecule has 0 aliphatic carbocycles. The fourth-order valence-electron chi connectivity index (χ4n) is 4.19. The molecule has 0 N–H and O–H groups in total. The van der Waals surface area contributed by atoms with Gasteiger partial charge in [-0.05, 0) is 84.4 Å². The predicted molar refractivity (Wildman–Crippen MR) is 147 cm³/mol. The first kappa shape index (κ1) is 24.2. The first-order chi connectivity index (χ1) is 17.2. The summed E-state index contributed by atoms with van der Waals surface area (Å²) in [5.41, 5.74) is 6.44. The molecule has 0 spiro atoms. The van der Waals surface area contributed by atoms with E-state index in [1.807, 2.05) is 42.5 Å². The largest absolute Gasteiger partial charge is 0.205 e. The summed E-state index contributed by atoms with van der Waals surface area (Å²) in [6, 6.07) is 26.7. The van der Waals surface area contributed by atoms with Crippen LogP contribution in [-0.4, -0.2) is 0 Å². The van der Waals surface area contributed by atoms with E-state index in [1.54, 1.807) is 6.07 Å². The van der Waals surface area contributed by atoms with Crippen molar-refractivity contribution in [2.45, 2.75) is 38.5 Å².